The third-order valence-corrected chi connectivity index (χ3v) is 5.43. The third kappa shape index (κ3) is 2.39. The van der Waals surface area contributed by atoms with Crippen molar-refractivity contribution in [3.8, 4) is 0 Å². The summed E-state index contributed by atoms with van der Waals surface area (Å²) in [5.74, 6) is 0. The van der Waals surface area contributed by atoms with Gasteiger partial charge in [0.1, 0.15) is 0 Å². The molecule has 0 aromatic heterocycles. The van der Waals surface area contributed by atoms with Gasteiger partial charge in [-0.05, 0) is 57.5 Å². The topological polar surface area (TPSA) is 32.5 Å². The minimum absolute atomic E-state index is 0.131. The van der Waals surface area contributed by atoms with E-state index < -0.39 is 0 Å². The fraction of sp³-hybridized carbons (Fsp3) is 0.647. The normalized spacial score (nSPS) is 25.9. The first-order valence-electron chi connectivity index (χ1n) is 7.83. The van der Waals surface area contributed by atoms with Crippen LogP contribution in [0.25, 0.3) is 0 Å². The first-order valence-corrected chi connectivity index (χ1v) is 7.83. The van der Waals surface area contributed by atoms with Crippen molar-refractivity contribution in [2.75, 3.05) is 33.7 Å². The molecular formula is C17H27N3. The maximum atomic E-state index is 6.24. The van der Waals surface area contributed by atoms with Crippen LogP contribution in [-0.4, -0.2) is 55.1 Å². The average molecular weight is 273 g/mol. The summed E-state index contributed by atoms with van der Waals surface area (Å²) in [5, 5.41) is 0. The van der Waals surface area contributed by atoms with Gasteiger partial charge in [-0.25, -0.2) is 0 Å². The van der Waals surface area contributed by atoms with E-state index in [2.05, 4.69) is 48.2 Å². The molecule has 0 spiro atoms. The van der Waals surface area contributed by atoms with Crippen LogP contribution >= 0.6 is 0 Å². The van der Waals surface area contributed by atoms with Crippen LogP contribution in [0, 0.1) is 0 Å². The summed E-state index contributed by atoms with van der Waals surface area (Å²) >= 11 is 0. The Morgan fingerprint density at radius 2 is 1.95 bits per heavy atom. The zero-order valence-electron chi connectivity index (χ0n) is 12.8. The highest BCUT2D eigenvalue weighted by molar-refractivity contribution is 5.36. The molecule has 1 aliphatic carbocycles. The Bertz CT molecular complexity index is 446. The smallest absolute Gasteiger partial charge is 0.0412 e. The predicted molar refractivity (Wildman–Crippen MR) is 83.9 cm³/mol. The largest absolute Gasteiger partial charge is 0.329 e. The van der Waals surface area contributed by atoms with E-state index in [0.29, 0.717) is 6.04 Å². The molecule has 0 bridgehead atoms. The Labute approximate surface area is 122 Å². The molecule has 20 heavy (non-hydrogen) atoms. The fourth-order valence-corrected chi connectivity index (χ4v) is 4.05. The lowest BCUT2D eigenvalue weighted by Crippen LogP contribution is -2.59. The summed E-state index contributed by atoms with van der Waals surface area (Å²) in [6.07, 6.45) is 4.82. The Hall–Kier alpha value is -0.900. The van der Waals surface area contributed by atoms with Gasteiger partial charge in [0.2, 0.25) is 0 Å². The van der Waals surface area contributed by atoms with Gasteiger partial charge in [-0.2, -0.15) is 0 Å². The van der Waals surface area contributed by atoms with E-state index in [1.165, 1.54) is 37.1 Å². The number of hydrogen-bond donors (Lipinski definition) is 1. The van der Waals surface area contributed by atoms with Gasteiger partial charge in [-0.15, -0.1) is 0 Å². The Kier molecular flexibility index (Phi) is 3.85. The lowest BCUT2D eigenvalue weighted by atomic mass is 9.90. The number of likely N-dealkylation sites (N-methyl/N-ethyl adjacent to an activating group) is 2. The van der Waals surface area contributed by atoms with Crippen molar-refractivity contribution in [1.29, 1.82) is 0 Å². The van der Waals surface area contributed by atoms with Crippen molar-refractivity contribution in [3.63, 3.8) is 0 Å². The van der Waals surface area contributed by atoms with Crippen LogP contribution in [0.3, 0.4) is 0 Å². The monoisotopic (exact) mass is 273 g/mol. The maximum absolute atomic E-state index is 6.24. The number of nitrogens with two attached hydrogens (primary N) is 1. The first kappa shape index (κ1) is 14.1. The highest BCUT2D eigenvalue weighted by atomic mass is 15.3. The Balaban J connectivity index is 1.80. The van der Waals surface area contributed by atoms with Gasteiger partial charge < -0.3 is 10.6 Å². The van der Waals surface area contributed by atoms with Crippen LogP contribution in [-0.2, 0) is 12.8 Å². The van der Waals surface area contributed by atoms with Crippen LogP contribution in [0.5, 0.6) is 0 Å². The molecule has 1 aliphatic heterocycles. The van der Waals surface area contributed by atoms with E-state index in [1.54, 1.807) is 0 Å². The molecular weight excluding hydrogens is 246 g/mol. The molecule has 0 radical (unpaired) electrons. The molecule has 3 rings (SSSR count). The van der Waals surface area contributed by atoms with Crippen LogP contribution in [0.15, 0.2) is 24.3 Å². The Morgan fingerprint density at radius 3 is 2.50 bits per heavy atom. The molecule has 2 aliphatic rings. The highest BCUT2D eigenvalue weighted by Crippen LogP contribution is 2.35. The second-order valence-corrected chi connectivity index (χ2v) is 6.72. The summed E-state index contributed by atoms with van der Waals surface area (Å²) in [5.41, 5.74) is 9.36. The maximum Gasteiger partial charge on any atom is 0.0412 e. The van der Waals surface area contributed by atoms with E-state index >= 15 is 0 Å². The standard InChI is InChI=1S/C17H27N3/c1-19-9-5-8-16(12-19)20(2)17(13-18)10-14-6-3-4-7-15(14)11-17/h3-4,6-7,16H,5,8-13,18H2,1-2H3. The quantitative estimate of drug-likeness (QED) is 0.906. The van der Waals surface area contributed by atoms with Crippen LogP contribution in [0.1, 0.15) is 24.0 Å². The second kappa shape index (κ2) is 5.47. The first-order chi connectivity index (χ1) is 9.64. The molecule has 3 nitrogen and oxygen atoms in total. The molecule has 2 N–H and O–H groups in total. The summed E-state index contributed by atoms with van der Waals surface area (Å²) in [7, 11) is 4.53. The molecule has 1 fully saturated rings. The molecule has 1 heterocycles. The minimum atomic E-state index is 0.131. The molecule has 1 atom stereocenters. The van der Waals surface area contributed by atoms with Gasteiger partial charge in [0.15, 0.2) is 0 Å². The van der Waals surface area contributed by atoms with Gasteiger partial charge >= 0.3 is 0 Å². The molecule has 1 saturated heterocycles. The zero-order valence-corrected chi connectivity index (χ0v) is 12.8. The van der Waals surface area contributed by atoms with Crippen molar-refractivity contribution in [3.05, 3.63) is 35.4 Å². The Morgan fingerprint density at radius 1 is 1.30 bits per heavy atom. The molecule has 1 unspecified atom stereocenters. The lowest BCUT2D eigenvalue weighted by molar-refractivity contribution is 0.0438. The highest BCUT2D eigenvalue weighted by Gasteiger charge is 2.42. The number of piperidine rings is 1. The van der Waals surface area contributed by atoms with Crippen LogP contribution in [0.2, 0.25) is 0 Å². The zero-order chi connectivity index (χ0) is 14.2. The van der Waals surface area contributed by atoms with Crippen molar-refractivity contribution < 1.29 is 0 Å². The molecule has 0 amide bonds. The van der Waals surface area contributed by atoms with Crippen molar-refractivity contribution in [2.24, 2.45) is 5.73 Å². The van der Waals surface area contributed by atoms with E-state index in [-0.39, 0.29) is 5.54 Å². The number of rotatable bonds is 3. The predicted octanol–water partition coefficient (Wildman–Crippen LogP) is 1.51. The van der Waals surface area contributed by atoms with Crippen LogP contribution in [0.4, 0.5) is 0 Å². The van der Waals surface area contributed by atoms with E-state index in [9.17, 15) is 0 Å². The summed E-state index contributed by atoms with van der Waals surface area (Å²) < 4.78 is 0. The van der Waals surface area contributed by atoms with Crippen molar-refractivity contribution >= 4 is 0 Å². The summed E-state index contributed by atoms with van der Waals surface area (Å²) in [4.78, 5) is 5.06. The van der Waals surface area contributed by atoms with Gasteiger partial charge in [0.25, 0.3) is 0 Å². The summed E-state index contributed by atoms with van der Waals surface area (Å²) in [6.45, 7) is 3.16. The SMILES string of the molecule is CN1CCCC(N(C)C2(CN)Cc3ccccc3C2)C1. The number of benzene rings is 1. The van der Waals surface area contributed by atoms with Gasteiger partial charge in [0, 0.05) is 24.7 Å². The average Bonchev–Trinajstić information content (AvgIpc) is 2.86. The van der Waals surface area contributed by atoms with Gasteiger partial charge in [-0.1, -0.05) is 24.3 Å². The number of likely N-dealkylation sites (tertiary alicyclic amines) is 1. The molecule has 0 saturated carbocycles. The van der Waals surface area contributed by atoms with Crippen molar-refractivity contribution in [2.45, 2.75) is 37.3 Å². The number of hydrogen-bond acceptors (Lipinski definition) is 3. The molecule has 3 heteroatoms. The third-order valence-electron chi connectivity index (χ3n) is 5.43. The lowest BCUT2D eigenvalue weighted by Gasteiger charge is -2.46. The van der Waals surface area contributed by atoms with Crippen molar-refractivity contribution in [1.82, 2.24) is 9.80 Å². The summed E-state index contributed by atoms with van der Waals surface area (Å²) in [6, 6.07) is 9.49. The molecule has 1 aromatic rings. The van der Waals surface area contributed by atoms with E-state index in [4.69, 9.17) is 5.73 Å². The molecule has 110 valence electrons. The van der Waals surface area contributed by atoms with Gasteiger partial charge in [0.05, 0.1) is 0 Å². The number of fused-ring (bicyclic) bond motifs is 1. The minimum Gasteiger partial charge on any atom is -0.329 e. The van der Waals surface area contributed by atoms with Crippen LogP contribution < -0.4 is 5.73 Å². The van der Waals surface area contributed by atoms with E-state index in [0.717, 1.165) is 19.4 Å². The fourth-order valence-electron chi connectivity index (χ4n) is 4.05. The second-order valence-electron chi connectivity index (χ2n) is 6.72. The number of nitrogens with zero attached hydrogens (tertiary/aromatic N) is 2. The van der Waals surface area contributed by atoms with Gasteiger partial charge in [-0.3, -0.25) is 4.90 Å². The van der Waals surface area contributed by atoms with E-state index in [1.807, 2.05) is 0 Å². The molecule has 1 aromatic carbocycles.